The van der Waals surface area contributed by atoms with Gasteiger partial charge in [0.2, 0.25) is 0 Å². The van der Waals surface area contributed by atoms with Crippen LogP contribution in [0.25, 0.3) is 93.2 Å². The van der Waals surface area contributed by atoms with Gasteiger partial charge in [-0.05, 0) is 90.3 Å². The lowest BCUT2D eigenvalue weighted by atomic mass is 9.91. The molecule has 0 fully saturated rings. The van der Waals surface area contributed by atoms with Crippen molar-refractivity contribution in [1.82, 2.24) is 9.38 Å². The molecule has 2 heterocycles. The molecule has 8 aromatic carbocycles. The highest BCUT2D eigenvalue weighted by molar-refractivity contribution is 6.25. The predicted molar refractivity (Wildman–Crippen MR) is 196 cm³/mol. The van der Waals surface area contributed by atoms with E-state index in [1.807, 2.05) is 54.6 Å². The second-order valence-electron chi connectivity index (χ2n) is 12.3. The number of imidazole rings is 1. The molecule has 218 valence electrons. The maximum Gasteiger partial charge on any atom is 0.264 e. The molecule has 10 rings (SSSR count). The summed E-state index contributed by atoms with van der Waals surface area (Å²) in [6.07, 6.45) is 0. The normalized spacial score (nSPS) is 11.9. The van der Waals surface area contributed by atoms with Crippen LogP contribution in [0.2, 0.25) is 0 Å². The van der Waals surface area contributed by atoms with E-state index in [-0.39, 0.29) is 5.56 Å². The molecule has 0 N–H and O–H groups in total. The highest BCUT2D eigenvalue weighted by Gasteiger charge is 2.20. The van der Waals surface area contributed by atoms with Gasteiger partial charge in [-0.1, -0.05) is 127 Å². The molecule has 0 bridgehead atoms. The lowest BCUT2D eigenvalue weighted by Gasteiger charge is -2.13. The van der Waals surface area contributed by atoms with Gasteiger partial charge >= 0.3 is 0 Å². The average molecular weight is 599 g/mol. The molecule has 0 saturated carbocycles. The fourth-order valence-corrected chi connectivity index (χ4v) is 7.55. The van der Waals surface area contributed by atoms with E-state index in [0.29, 0.717) is 11.2 Å². The van der Waals surface area contributed by atoms with E-state index in [2.05, 4.69) is 103 Å². The van der Waals surface area contributed by atoms with Gasteiger partial charge in [-0.15, -0.1) is 0 Å². The van der Waals surface area contributed by atoms with Crippen LogP contribution >= 0.6 is 0 Å². The highest BCUT2D eigenvalue weighted by Crippen LogP contribution is 2.39. The van der Waals surface area contributed by atoms with Crippen LogP contribution in [0.15, 0.2) is 163 Å². The monoisotopic (exact) mass is 598 g/mol. The second kappa shape index (κ2) is 9.84. The van der Waals surface area contributed by atoms with E-state index < -0.39 is 0 Å². The largest absolute Gasteiger partial charge is 0.268 e. The topological polar surface area (TPSA) is 34.4 Å². The van der Waals surface area contributed by atoms with Gasteiger partial charge in [-0.3, -0.25) is 9.20 Å². The van der Waals surface area contributed by atoms with Gasteiger partial charge in [-0.2, -0.15) is 0 Å². The molecule has 0 saturated heterocycles. The molecular formula is C44H26N2O. The molecule has 47 heavy (non-hydrogen) atoms. The first kappa shape index (κ1) is 26.0. The van der Waals surface area contributed by atoms with Crippen molar-refractivity contribution in [3.05, 3.63) is 168 Å². The summed E-state index contributed by atoms with van der Waals surface area (Å²) >= 11 is 0. The second-order valence-corrected chi connectivity index (χ2v) is 12.3. The summed E-state index contributed by atoms with van der Waals surface area (Å²) in [7, 11) is 0. The zero-order valence-electron chi connectivity index (χ0n) is 25.3. The van der Waals surface area contributed by atoms with E-state index in [9.17, 15) is 4.79 Å². The Bertz CT molecular complexity index is 2890. The Hall–Kier alpha value is -6.32. The quantitative estimate of drug-likeness (QED) is 0.190. The number of pyridine rings is 1. The first-order valence-corrected chi connectivity index (χ1v) is 15.9. The molecule has 2 aromatic heterocycles. The van der Waals surface area contributed by atoms with E-state index in [1.54, 1.807) is 4.40 Å². The minimum absolute atomic E-state index is 0.0409. The smallest absolute Gasteiger partial charge is 0.264 e. The number of fused-ring (bicyclic) bond motifs is 8. The Labute approximate surface area is 269 Å². The maximum atomic E-state index is 13.9. The molecule has 0 amide bonds. The van der Waals surface area contributed by atoms with Crippen LogP contribution in [0.3, 0.4) is 0 Å². The summed E-state index contributed by atoms with van der Waals surface area (Å²) in [5.74, 6) is 0.670. The Kier molecular flexibility index (Phi) is 5.43. The minimum atomic E-state index is -0.0409. The van der Waals surface area contributed by atoms with Crippen molar-refractivity contribution in [2.24, 2.45) is 0 Å². The summed E-state index contributed by atoms with van der Waals surface area (Å²) in [4.78, 5) is 19.0. The molecule has 0 aliphatic carbocycles. The molecule has 3 nitrogen and oxygen atoms in total. The number of benzene rings is 8. The number of rotatable bonds is 3. The first-order chi connectivity index (χ1) is 23.2. The van der Waals surface area contributed by atoms with E-state index in [1.165, 1.54) is 37.9 Å². The molecular weight excluding hydrogens is 572 g/mol. The van der Waals surface area contributed by atoms with Crippen LogP contribution < -0.4 is 5.56 Å². The third kappa shape index (κ3) is 3.81. The number of hydrogen-bond donors (Lipinski definition) is 0. The van der Waals surface area contributed by atoms with Crippen LogP contribution in [0.1, 0.15) is 0 Å². The number of aromatic nitrogens is 2. The summed E-state index contributed by atoms with van der Waals surface area (Å²) in [6.45, 7) is 0. The molecule has 10 aromatic rings. The summed E-state index contributed by atoms with van der Waals surface area (Å²) in [6, 6.07) is 55.2. The SMILES string of the molecule is O=c1c2ccccc2c2cc(-c3cccc(-c4ccc5c6ccccc6c6ccccc6c5c4)c3)cc3nc(-c4ccccc4)n1c32. The third-order valence-corrected chi connectivity index (χ3v) is 9.71. The predicted octanol–water partition coefficient (Wildman–Crippen LogP) is 10.9. The van der Waals surface area contributed by atoms with Gasteiger partial charge < -0.3 is 0 Å². The Morgan fingerprint density at radius 2 is 0.851 bits per heavy atom. The van der Waals surface area contributed by atoms with Crippen LogP contribution in [0, 0.1) is 0 Å². The fourth-order valence-electron chi connectivity index (χ4n) is 7.55. The van der Waals surface area contributed by atoms with Crippen molar-refractivity contribution in [3.8, 4) is 33.6 Å². The number of hydrogen-bond acceptors (Lipinski definition) is 2. The maximum absolute atomic E-state index is 13.9. The molecule has 0 atom stereocenters. The highest BCUT2D eigenvalue weighted by atomic mass is 16.1. The molecule has 3 heteroatoms. The van der Waals surface area contributed by atoms with Gasteiger partial charge in [0, 0.05) is 16.3 Å². The van der Waals surface area contributed by atoms with Gasteiger partial charge in [0.1, 0.15) is 5.82 Å². The molecule has 0 aliphatic rings. The molecule has 0 aliphatic heterocycles. The van der Waals surface area contributed by atoms with E-state index in [0.717, 1.165) is 44.1 Å². The van der Waals surface area contributed by atoms with Crippen LogP contribution in [0.4, 0.5) is 0 Å². The summed E-state index contributed by atoms with van der Waals surface area (Å²) < 4.78 is 1.80. The van der Waals surface area contributed by atoms with Crippen LogP contribution in [0.5, 0.6) is 0 Å². The van der Waals surface area contributed by atoms with Crippen molar-refractivity contribution in [2.75, 3.05) is 0 Å². The Morgan fingerprint density at radius 3 is 1.53 bits per heavy atom. The Balaban J connectivity index is 1.19. The zero-order chi connectivity index (χ0) is 31.1. The van der Waals surface area contributed by atoms with E-state index >= 15 is 0 Å². The van der Waals surface area contributed by atoms with Crippen molar-refractivity contribution < 1.29 is 0 Å². The average Bonchev–Trinajstić information content (AvgIpc) is 3.54. The minimum Gasteiger partial charge on any atom is -0.268 e. The van der Waals surface area contributed by atoms with Crippen LogP contribution in [-0.4, -0.2) is 9.38 Å². The molecule has 0 spiro atoms. The lowest BCUT2D eigenvalue weighted by molar-refractivity contribution is 1.13. The van der Waals surface area contributed by atoms with Crippen LogP contribution in [-0.2, 0) is 0 Å². The van der Waals surface area contributed by atoms with Crippen molar-refractivity contribution >= 4 is 59.5 Å². The van der Waals surface area contributed by atoms with Crippen molar-refractivity contribution in [3.63, 3.8) is 0 Å². The molecule has 0 radical (unpaired) electrons. The zero-order valence-corrected chi connectivity index (χ0v) is 25.3. The first-order valence-electron chi connectivity index (χ1n) is 15.9. The van der Waals surface area contributed by atoms with Gasteiger partial charge in [0.05, 0.1) is 11.0 Å². The third-order valence-electron chi connectivity index (χ3n) is 9.71. The van der Waals surface area contributed by atoms with E-state index in [4.69, 9.17) is 4.98 Å². The number of nitrogens with zero attached hydrogens (tertiary/aromatic N) is 2. The lowest BCUT2D eigenvalue weighted by Crippen LogP contribution is -2.14. The van der Waals surface area contributed by atoms with Gasteiger partial charge in [0.25, 0.3) is 5.56 Å². The summed E-state index contributed by atoms with van der Waals surface area (Å²) in [5.41, 5.74) is 7.06. The fraction of sp³-hybridized carbons (Fsp3) is 0. The Morgan fingerprint density at radius 1 is 0.362 bits per heavy atom. The summed E-state index contributed by atoms with van der Waals surface area (Å²) in [5, 5.41) is 10.3. The van der Waals surface area contributed by atoms with Crippen molar-refractivity contribution in [1.29, 1.82) is 0 Å². The standard InChI is InChI=1S/C44H26N2O/c47-44-38-20-9-8-19-36(38)40-25-31(26-41-42(40)46(44)43(45-41)27-11-2-1-3-12-27)29-14-10-13-28(23-29)30-21-22-37-34-17-5-4-15-32(34)33-16-6-7-18-35(33)39(37)24-30/h1-26H. The van der Waals surface area contributed by atoms with Gasteiger partial charge in [0.15, 0.2) is 0 Å². The van der Waals surface area contributed by atoms with Crippen molar-refractivity contribution in [2.45, 2.75) is 0 Å². The molecule has 0 unspecified atom stereocenters. The van der Waals surface area contributed by atoms with Gasteiger partial charge in [-0.25, -0.2) is 4.98 Å².